The van der Waals surface area contributed by atoms with Gasteiger partial charge in [0.15, 0.2) is 0 Å². The van der Waals surface area contributed by atoms with Gasteiger partial charge in [-0.25, -0.2) is 9.78 Å². The molecule has 0 spiro atoms. The van der Waals surface area contributed by atoms with Crippen LogP contribution in [0.1, 0.15) is 33.2 Å². The molecule has 1 aromatic rings. The molecule has 0 aromatic carbocycles. The number of aromatic nitrogens is 1. The van der Waals surface area contributed by atoms with Gasteiger partial charge < -0.3 is 15.2 Å². The standard InChI is InChI=1S/C12H16N2O4S/c1-7-10(12(16)17)19-9(14-7)5-13-11(15)8-3-2-4-18-6-8/h8H,2-6H2,1H3,(H,13,15)(H,16,17). The van der Waals surface area contributed by atoms with Crippen LogP contribution in [0, 0.1) is 12.8 Å². The van der Waals surface area contributed by atoms with Crippen molar-refractivity contribution in [2.75, 3.05) is 13.2 Å². The lowest BCUT2D eigenvalue weighted by atomic mass is 10.0. The summed E-state index contributed by atoms with van der Waals surface area (Å²) in [5.74, 6) is -1.13. The van der Waals surface area contributed by atoms with Crippen LogP contribution in [0.15, 0.2) is 0 Å². The fourth-order valence-electron chi connectivity index (χ4n) is 1.98. The first kappa shape index (κ1) is 14.0. The Labute approximate surface area is 114 Å². The van der Waals surface area contributed by atoms with Crippen molar-refractivity contribution < 1.29 is 19.4 Å². The van der Waals surface area contributed by atoms with Crippen molar-refractivity contribution in [2.45, 2.75) is 26.3 Å². The number of carbonyl (C=O) groups is 2. The molecule has 1 aliphatic rings. The third-order valence-corrected chi connectivity index (χ3v) is 4.13. The van der Waals surface area contributed by atoms with Gasteiger partial charge in [-0.1, -0.05) is 0 Å². The Hall–Kier alpha value is -1.47. The zero-order valence-electron chi connectivity index (χ0n) is 10.6. The van der Waals surface area contributed by atoms with Crippen molar-refractivity contribution in [2.24, 2.45) is 5.92 Å². The molecule has 2 rings (SSSR count). The minimum atomic E-state index is -0.978. The molecule has 1 fully saturated rings. The third kappa shape index (κ3) is 3.51. The lowest BCUT2D eigenvalue weighted by Gasteiger charge is -2.20. The average Bonchev–Trinajstić information content (AvgIpc) is 2.78. The Morgan fingerprint density at radius 2 is 2.37 bits per heavy atom. The van der Waals surface area contributed by atoms with Gasteiger partial charge in [-0.05, 0) is 19.8 Å². The molecule has 2 N–H and O–H groups in total. The molecule has 19 heavy (non-hydrogen) atoms. The highest BCUT2D eigenvalue weighted by Crippen LogP contribution is 2.18. The van der Waals surface area contributed by atoms with Crippen LogP contribution in [0.5, 0.6) is 0 Å². The monoisotopic (exact) mass is 284 g/mol. The van der Waals surface area contributed by atoms with Crippen molar-refractivity contribution >= 4 is 23.2 Å². The zero-order valence-corrected chi connectivity index (χ0v) is 11.5. The van der Waals surface area contributed by atoms with Crippen LogP contribution in [0.2, 0.25) is 0 Å². The molecule has 1 aromatic heterocycles. The number of thiazole rings is 1. The number of aryl methyl sites for hydroxylation is 1. The Balaban J connectivity index is 1.89. The number of nitrogens with one attached hydrogen (secondary N) is 1. The van der Waals surface area contributed by atoms with Crippen molar-refractivity contribution in [3.63, 3.8) is 0 Å². The lowest BCUT2D eigenvalue weighted by Crippen LogP contribution is -2.35. The third-order valence-electron chi connectivity index (χ3n) is 2.98. The molecular weight excluding hydrogens is 268 g/mol. The summed E-state index contributed by atoms with van der Waals surface area (Å²) < 4.78 is 5.26. The molecule has 0 bridgehead atoms. The number of aromatic carboxylic acids is 1. The first-order chi connectivity index (χ1) is 9.08. The van der Waals surface area contributed by atoms with Crippen LogP contribution in [0.4, 0.5) is 0 Å². The molecule has 1 atom stereocenters. The van der Waals surface area contributed by atoms with E-state index in [-0.39, 0.29) is 23.2 Å². The van der Waals surface area contributed by atoms with Gasteiger partial charge in [0.05, 0.1) is 24.8 Å². The summed E-state index contributed by atoms with van der Waals surface area (Å²) >= 11 is 1.10. The molecule has 1 aliphatic heterocycles. The molecule has 2 heterocycles. The Kier molecular flexibility index (Phi) is 4.49. The first-order valence-corrected chi connectivity index (χ1v) is 6.94. The van der Waals surface area contributed by atoms with Gasteiger partial charge in [-0.15, -0.1) is 11.3 Å². The van der Waals surface area contributed by atoms with Crippen LogP contribution in [0.25, 0.3) is 0 Å². The fraction of sp³-hybridized carbons (Fsp3) is 0.583. The van der Waals surface area contributed by atoms with Crippen LogP contribution in [0.3, 0.4) is 0 Å². The number of rotatable bonds is 4. The minimum absolute atomic E-state index is 0.0515. The van der Waals surface area contributed by atoms with Crippen LogP contribution in [-0.4, -0.2) is 35.2 Å². The van der Waals surface area contributed by atoms with Gasteiger partial charge >= 0.3 is 5.97 Å². The van der Waals surface area contributed by atoms with E-state index >= 15 is 0 Å². The molecule has 0 saturated carbocycles. The van der Waals surface area contributed by atoms with Gasteiger partial charge in [0.1, 0.15) is 9.88 Å². The van der Waals surface area contributed by atoms with Crippen LogP contribution < -0.4 is 5.32 Å². The number of amides is 1. The van der Waals surface area contributed by atoms with Gasteiger partial charge in [0, 0.05) is 6.61 Å². The number of carboxylic acid groups (broad SMARTS) is 1. The molecule has 1 amide bonds. The maximum atomic E-state index is 11.9. The average molecular weight is 284 g/mol. The fourth-order valence-corrected chi connectivity index (χ4v) is 2.82. The SMILES string of the molecule is Cc1nc(CNC(=O)C2CCCOC2)sc1C(=O)O. The number of carbonyl (C=O) groups excluding carboxylic acids is 1. The quantitative estimate of drug-likeness (QED) is 0.867. The molecule has 1 saturated heterocycles. The van der Waals surface area contributed by atoms with Gasteiger partial charge in [0.2, 0.25) is 5.91 Å². The molecule has 1 unspecified atom stereocenters. The number of nitrogens with zero attached hydrogens (tertiary/aromatic N) is 1. The second-order valence-electron chi connectivity index (χ2n) is 4.46. The summed E-state index contributed by atoms with van der Waals surface area (Å²) in [4.78, 5) is 27.1. The summed E-state index contributed by atoms with van der Waals surface area (Å²) in [5.41, 5.74) is 0.489. The van der Waals surface area contributed by atoms with E-state index in [1.54, 1.807) is 6.92 Å². The first-order valence-electron chi connectivity index (χ1n) is 6.13. The predicted molar refractivity (Wildman–Crippen MR) is 69.2 cm³/mol. The van der Waals surface area contributed by atoms with E-state index in [2.05, 4.69) is 10.3 Å². The minimum Gasteiger partial charge on any atom is -0.477 e. The zero-order chi connectivity index (χ0) is 13.8. The number of hydrogen-bond donors (Lipinski definition) is 2. The maximum Gasteiger partial charge on any atom is 0.347 e. The summed E-state index contributed by atoms with van der Waals surface area (Å²) in [6.07, 6.45) is 1.74. The topological polar surface area (TPSA) is 88.5 Å². The Bertz CT molecular complexity index is 480. The maximum absolute atomic E-state index is 11.9. The molecular formula is C12H16N2O4S. The molecule has 104 valence electrons. The number of hydrogen-bond acceptors (Lipinski definition) is 5. The van der Waals surface area contributed by atoms with E-state index < -0.39 is 5.97 Å². The van der Waals surface area contributed by atoms with E-state index in [1.807, 2.05) is 0 Å². The molecule has 0 radical (unpaired) electrons. The van der Waals surface area contributed by atoms with E-state index in [0.29, 0.717) is 17.3 Å². The van der Waals surface area contributed by atoms with Crippen molar-refractivity contribution in [3.8, 4) is 0 Å². The highest BCUT2D eigenvalue weighted by Gasteiger charge is 2.22. The van der Waals surface area contributed by atoms with E-state index in [4.69, 9.17) is 9.84 Å². The van der Waals surface area contributed by atoms with Crippen molar-refractivity contribution in [3.05, 3.63) is 15.6 Å². The van der Waals surface area contributed by atoms with E-state index in [0.717, 1.165) is 30.8 Å². The summed E-state index contributed by atoms with van der Waals surface area (Å²) in [6, 6.07) is 0. The second-order valence-corrected chi connectivity index (χ2v) is 5.54. The molecule has 6 nitrogen and oxygen atoms in total. The van der Waals surface area contributed by atoms with Gasteiger partial charge in [-0.3, -0.25) is 4.79 Å². The lowest BCUT2D eigenvalue weighted by molar-refractivity contribution is -0.129. The Morgan fingerprint density at radius 3 is 2.95 bits per heavy atom. The largest absolute Gasteiger partial charge is 0.477 e. The van der Waals surface area contributed by atoms with Gasteiger partial charge in [-0.2, -0.15) is 0 Å². The number of ether oxygens (including phenoxy) is 1. The van der Waals surface area contributed by atoms with Crippen molar-refractivity contribution in [1.82, 2.24) is 10.3 Å². The van der Waals surface area contributed by atoms with Crippen LogP contribution >= 0.6 is 11.3 Å². The van der Waals surface area contributed by atoms with Gasteiger partial charge in [0.25, 0.3) is 0 Å². The Morgan fingerprint density at radius 1 is 1.58 bits per heavy atom. The highest BCUT2D eigenvalue weighted by molar-refractivity contribution is 7.13. The molecule has 7 heteroatoms. The van der Waals surface area contributed by atoms with E-state index in [1.165, 1.54) is 0 Å². The second kappa shape index (κ2) is 6.12. The van der Waals surface area contributed by atoms with E-state index in [9.17, 15) is 9.59 Å². The summed E-state index contributed by atoms with van der Waals surface area (Å²) in [5, 5.41) is 12.3. The number of carboxylic acids is 1. The highest BCUT2D eigenvalue weighted by atomic mass is 32.1. The smallest absolute Gasteiger partial charge is 0.347 e. The normalized spacial score (nSPS) is 19.1. The van der Waals surface area contributed by atoms with Crippen molar-refractivity contribution in [1.29, 1.82) is 0 Å². The molecule has 0 aliphatic carbocycles. The summed E-state index contributed by atoms with van der Waals surface area (Å²) in [7, 11) is 0. The summed E-state index contributed by atoms with van der Waals surface area (Å²) in [6.45, 7) is 3.11. The predicted octanol–water partition coefficient (Wildman–Crippen LogP) is 1.19. The van der Waals surface area contributed by atoms with Crippen LogP contribution in [-0.2, 0) is 16.1 Å².